The summed E-state index contributed by atoms with van der Waals surface area (Å²) in [6.45, 7) is 5.65. The maximum atomic E-state index is 12.8. The number of amides is 1. The molecule has 5 nitrogen and oxygen atoms in total. The summed E-state index contributed by atoms with van der Waals surface area (Å²) in [5, 5.41) is 12.3. The number of aromatic nitrogens is 2. The molecule has 0 unspecified atom stereocenters. The third kappa shape index (κ3) is 3.63. The molecule has 2 heterocycles. The van der Waals surface area contributed by atoms with Crippen molar-refractivity contribution in [2.24, 2.45) is 0 Å². The number of pyridine rings is 2. The van der Waals surface area contributed by atoms with Gasteiger partial charge in [-0.1, -0.05) is 24.3 Å². The summed E-state index contributed by atoms with van der Waals surface area (Å²) in [5.41, 5.74) is 6.12. The summed E-state index contributed by atoms with van der Waals surface area (Å²) in [6.07, 6.45) is 3.44. The molecule has 2 aromatic heterocycles. The molecule has 0 radical (unpaired) electrons. The molecule has 0 fully saturated rings. The van der Waals surface area contributed by atoms with E-state index in [0.717, 1.165) is 33.5 Å². The molecule has 2 N–H and O–H groups in total. The van der Waals surface area contributed by atoms with E-state index in [1.165, 1.54) is 0 Å². The van der Waals surface area contributed by atoms with Gasteiger partial charge in [-0.15, -0.1) is 0 Å². The fraction of sp³-hybridized carbons (Fsp3) is 0.190. The molecule has 132 valence electrons. The summed E-state index contributed by atoms with van der Waals surface area (Å²) < 4.78 is 0. The summed E-state index contributed by atoms with van der Waals surface area (Å²) in [6, 6.07) is 11.3. The fourth-order valence-electron chi connectivity index (χ4n) is 2.82. The van der Waals surface area contributed by atoms with E-state index in [-0.39, 0.29) is 12.5 Å². The Morgan fingerprint density at radius 3 is 2.46 bits per heavy atom. The van der Waals surface area contributed by atoms with Crippen LogP contribution in [-0.4, -0.2) is 21.0 Å². The smallest absolute Gasteiger partial charge is 0.274 e. The van der Waals surface area contributed by atoms with E-state index in [1.807, 2.05) is 57.2 Å². The molecular formula is C21H21N3O2. The fourth-order valence-corrected chi connectivity index (χ4v) is 2.82. The first-order chi connectivity index (χ1) is 12.5. The second-order valence-electron chi connectivity index (χ2n) is 6.32. The average molecular weight is 347 g/mol. The second kappa shape index (κ2) is 7.45. The molecule has 0 saturated carbocycles. The van der Waals surface area contributed by atoms with Gasteiger partial charge in [0.2, 0.25) is 0 Å². The predicted molar refractivity (Wildman–Crippen MR) is 102 cm³/mol. The Kier molecular flexibility index (Phi) is 5.09. The Labute approximate surface area is 152 Å². The number of hydrogen-bond donors (Lipinski definition) is 2. The highest BCUT2D eigenvalue weighted by atomic mass is 16.3. The number of nitrogens with zero attached hydrogens (tertiary/aromatic N) is 2. The maximum Gasteiger partial charge on any atom is 0.274 e. The zero-order valence-corrected chi connectivity index (χ0v) is 15.1. The third-order valence-electron chi connectivity index (χ3n) is 4.28. The lowest BCUT2D eigenvalue weighted by atomic mass is 10.1. The number of nitrogens with one attached hydrogen (secondary N) is 1. The Morgan fingerprint density at radius 1 is 1.04 bits per heavy atom. The standard InChI is InChI=1S/C21H21N3O2/c1-13-7-8-18(17-6-4-5-16(9-17)12-25)23-20(13)21(26)24-19-14(2)10-22-11-15(19)3/h4-11,25H,12H2,1-3H3,(H,22,24,26). The van der Waals surface area contributed by atoms with Gasteiger partial charge in [-0.25, -0.2) is 4.98 Å². The van der Waals surface area contributed by atoms with Crippen molar-refractivity contribution in [3.05, 3.63) is 76.7 Å². The highest BCUT2D eigenvalue weighted by Crippen LogP contribution is 2.23. The molecule has 0 aliphatic carbocycles. The van der Waals surface area contributed by atoms with Crippen LogP contribution in [0.15, 0.2) is 48.8 Å². The minimum absolute atomic E-state index is 0.0341. The lowest BCUT2D eigenvalue weighted by Gasteiger charge is -2.13. The van der Waals surface area contributed by atoms with Crippen LogP contribution in [0, 0.1) is 20.8 Å². The first kappa shape index (κ1) is 17.8. The van der Waals surface area contributed by atoms with Gasteiger partial charge in [-0.05, 0) is 55.2 Å². The molecule has 0 bridgehead atoms. The zero-order chi connectivity index (χ0) is 18.7. The molecule has 0 aliphatic rings. The van der Waals surface area contributed by atoms with Crippen molar-refractivity contribution in [2.75, 3.05) is 5.32 Å². The summed E-state index contributed by atoms with van der Waals surface area (Å²) in [4.78, 5) is 21.5. The molecular weight excluding hydrogens is 326 g/mol. The van der Waals surface area contributed by atoms with E-state index in [9.17, 15) is 9.90 Å². The molecule has 0 atom stereocenters. The third-order valence-corrected chi connectivity index (χ3v) is 4.28. The maximum absolute atomic E-state index is 12.8. The van der Waals surface area contributed by atoms with Crippen molar-refractivity contribution >= 4 is 11.6 Å². The average Bonchev–Trinajstić information content (AvgIpc) is 2.65. The number of aliphatic hydroxyl groups excluding tert-OH is 1. The molecule has 1 aromatic carbocycles. The van der Waals surface area contributed by atoms with E-state index in [4.69, 9.17) is 0 Å². The minimum atomic E-state index is -0.250. The number of aryl methyl sites for hydroxylation is 3. The first-order valence-corrected chi connectivity index (χ1v) is 8.40. The summed E-state index contributed by atoms with van der Waals surface area (Å²) in [5.74, 6) is -0.250. The summed E-state index contributed by atoms with van der Waals surface area (Å²) in [7, 11) is 0. The molecule has 0 aliphatic heterocycles. The van der Waals surface area contributed by atoms with E-state index in [2.05, 4.69) is 15.3 Å². The predicted octanol–water partition coefficient (Wildman–Crippen LogP) is 3.81. The highest BCUT2D eigenvalue weighted by Gasteiger charge is 2.15. The minimum Gasteiger partial charge on any atom is -0.392 e. The van der Waals surface area contributed by atoms with E-state index >= 15 is 0 Å². The van der Waals surface area contributed by atoms with Gasteiger partial charge in [0.1, 0.15) is 5.69 Å². The van der Waals surface area contributed by atoms with Gasteiger partial charge in [0.25, 0.3) is 5.91 Å². The SMILES string of the molecule is Cc1ccc(-c2cccc(CO)c2)nc1C(=O)Nc1c(C)cncc1C. The van der Waals surface area contributed by atoms with E-state index in [0.29, 0.717) is 11.4 Å². The number of carbonyl (C=O) groups excluding carboxylic acids is 1. The van der Waals surface area contributed by atoms with Crippen molar-refractivity contribution in [3.8, 4) is 11.3 Å². The van der Waals surface area contributed by atoms with Crippen molar-refractivity contribution in [2.45, 2.75) is 27.4 Å². The van der Waals surface area contributed by atoms with E-state index in [1.54, 1.807) is 12.4 Å². The van der Waals surface area contributed by atoms with Crippen LogP contribution in [-0.2, 0) is 6.61 Å². The van der Waals surface area contributed by atoms with Crippen molar-refractivity contribution in [1.29, 1.82) is 0 Å². The van der Waals surface area contributed by atoms with Crippen molar-refractivity contribution < 1.29 is 9.90 Å². The van der Waals surface area contributed by atoms with E-state index < -0.39 is 0 Å². The number of aliphatic hydroxyl groups is 1. The van der Waals surface area contributed by atoms with Gasteiger partial charge >= 0.3 is 0 Å². The van der Waals surface area contributed by atoms with Crippen LogP contribution in [0.3, 0.4) is 0 Å². The van der Waals surface area contributed by atoms with Crippen LogP contribution in [0.2, 0.25) is 0 Å². The lowest BCUT2D eigenvalue weighted by Crippen LogP contribution is -2.17. The van der Waals surface area contributed by atoms with Crippen LogP contribution in [0.1, 0.15) is 32.7 Å². The molecule has 5 heteroatoms. The van der Waals surface area contributed by atoms with Crippen LogP contribution in [0.5, 0.6) is 0 Å². The number of rotatable bonds is 4. The molecule has 0 spiro atoms. The molecule has 3 aromatic rings. The highest BCUT2D eigenvalue weighted by molar-refractivity contribution is 6.04. The Balaban J connectivity index is 1.96. The number of carbonyl (C=O) groups is 1. The zero-order valence-electron chi connectivity index (χ0n) is 15.1. The van der Waals surface area contributed by atoms with Crippen LogP contribution in [0.25, 0.3) is 11.3 Å². The normalized spacial score (nSPS) is 10.6. The molecule has 26 heavy (non-hydrogen) atoms. The van der Waals surface area contributed by atoms with Crippen molar-refractivity contribution in [1.82, 2.24) is 9.97 Å². The quantitative estimate of drug-likeness (QED) is 0.752. The topological polar surface area (TPSA) is 75.1 Å². The van der Waals surface area contributed by atoms with Gasteiger partial charge in [-0.3, -0.25) is 9.78 Å². The van der Waals surface area contributed by atoms with Gasteiger partial charge in [-0.2, -0.15) is 0 Å². The lowest BCUT2D eigenvalue weighted by molar-refractivity contribution is 0.102. The van der Waals surface area contributed by atoms with Gasteiger partial charge < -0.3 is 10.4 Å². The number of anilines is 1. The van der Waals surface area contributed by atoms with Gasteiger partial charge in [0.05, 0.1) is 12.3 Å². The largest absolute Gasteiger partial charge is 0.392 e. The van der Waals surface area contributed by atoms with Crippen LogP contribution >= 0.6 is 0 Å². The Bertz CT molecular complexity index is 947. The van der Waals surface area contributed by atoms with Crippen molar-refractivity contribution in [3.63, 3.8) is 0 Å². The molecule has 0 saturated heterocycles. The second-order valence-corrected chi connectivity index (χ2v) is 6.32. The van der Waals surface area contributed by atoms with Gasteiger partial charge in [0.15, 0.2) is 0 Å². The Morgan fingerprint density at radius 2 is 1.77 bits per heavy atom. The number of hydrogen-bond acceptors (Lipinski definition) is 4. The van der Waals surface area contributed by atoms with Crippen LogP contribution in [0.4, 0.5) is 5.69 Å². The monoisotopic (exact) mass is 347 g/mol. The van der Waals surface area contributed by atoms with Gasteiger partial charge in [0, 0.05) is 23.6 Å². The molecule has 1 amide bonds. The Hall–Kier alpha value is -3.05. The van der Waals surface area contributed by atoms with Crippen LogP contribution < -0.4 is 5.32 Å². The molecule has 3 rings (SSSR count). The first-order valence-electron chi connectivity index (χ1n) is 8.40. The summed E-state index contributed by atoms with van der Waals surface area (Å²) >= 11 is 0. The number of benzene rings is 1.